The van der Waals surface area contributed by atoms with Gasteiger partial charge in [-0.05, 0) is 28.9 Å². The Morgan fingerprint density at radius 3 is 2.41 bits per heavy atom. The molecule has 0 amide bonds. The van der Waals surface area contributed by atoms with Crippen molar-refractivity contribution in [3.63, 3.8) is 0 Å². The maximum atomic E-state index is 11.5. The number of hydrogen-bond donors (Lipinski definition) is 1. The van der Waals surface area contributed by atoms with Crippen molar-refractivity contribution in [2.75, 3.05) is 6.54 Å². The lowest BCUT2D eigenvalue weighted by Crippen LogP contribution is -2.27. The highest BCUT2D eigenvalue weighted by Crippen LogP contribution is 2.40. The Hall–Kier alpha value is -3.40. The molecule has 0 saturated carbocycles. The average Bonchev–Trinajstić information content (AvgIpc) is 2.89. The molecule has 1 heterocycles. The van der Waals surface area contributed by atoms with Crippen LogP contribution in [0.4, 0.5) is 0 Å². The van der Waals surface area contributed by atoms with E-state index in [0.717, 1.165) is 28.1 Å². The number of hydrogen-bond acceptors (Lipinski definition) is 3. The van der Waals surface area contributed by atoms with Gasteiger partial charge in [-0.3, -0.25) is 10.1 Å². The maximum absolute atomic E-state index is 11.5. The Morgan fingerprint density at radius 1 is 1.00 bits per heavy atom. The van der Waals surface area contributed by atoms with E-state index >= 15 is 0 Å². The van der Waals surface area contributed by atoms with Crippen LogP contribution >= 0.6 is 0 Å². The molecule has 4 rings (SSSR count). The fraction of sp³-hybridized carbons (Fsp3) is 0.130. The quantitative estimate of drug-likeness (QED) is 0.625. The average molecular weight is 356 g/mol. The summed E-state index contributed by atoms with van der Waals surface area (Å²) in [5, 5.41) is 15.0. The lowest BCUT2D eigenvalue weighted by Gasteiger charge is -2.30. The molecule has 0 radical (unpaired) electrons. The zero-order valence-corrected chi connectivity index (χ0v) is 14.8. The molecule has 0 fully saturated rings. The molecule has 1 aliphatic carbocycles. The van der Waals surface area contributed by atoms with Gasteiger partial charge < -0.3 is 5.32 Å². The number of benzene rings is 2. The van der Waals surface area contributed by atoms with Gasteiger partial charge in [-0.2, -0.15) is 0 Å². The van der Waals surface area contributed by atoms with E-state index in [1.807, 2.05) is 78.9 Å². The van der Waals surface area contributed by atoms with Gasteiger partial charge in [-0.25, -0.2) is 0 Å². The molecule has 0 aromatic heterocycles. The van der Waals surface area contributed by atoms with E-state index in [-0.39, 0.29) is 23.3 Å². The molecule has 0 spiro atoms. The highest BCUT2D eigenvalue weighted by molar-refractivity contribution is 5.74. The van der Waals surface area contributed by atoms with E-state index in [1.54, 1.807) is 0 Å². The van der Waals surface area contributed by atoms with Gasteiger partial charge in [0.15, 0.2) is 0 Å². The first-order chi connectivity index (χ1) is 13.2. The lowest BCUT2D eigenvalue weighted by molar-refractivity contribution is -0.482. The normalized spacial score (nSPS) is 19.1. The third kappa shape index (κ3) is 3.60. The second kappa shape index (κ2) is 7.46. The first kappa shape index (κ1) is 17.0. The van der Waals surface area contributed by atoms with Crippen molar-refractivity contribution in [1.82, 2.24) is 5.32 Å². The first-order valence-electron chi connectivity index (χ1n) is 9.02. The van der Waals surface area contributed by atoms with E-state index in [4.69, 9.17) is 0 Å². The van der Waals surface area contributed by atoms with E-state index in [9.17, 15) is 10.1 Å². The van der Waals surface area contributed by atoms with Crippen LogP contribution in [0.5, 0.6) is 0 Å². The van der Waals surface area contributed by atoms with Gasteiger partial charge in [-0.1, -0.05) is 78.9 Å². The van der Waals surface area contributed by atoms with Gasteiger partial charge in [0.05, 0.1) is 5.92 Å². The van der Waals surface area contributed by atoms with E-state index in [1.165, 1.54) is 0 Å². The predicted octanol–water partition coefficient (Wildman–Crippen LogP) is 4.69. The summed E-state index contributed by atoms with van der Waals surface area (Å²) in [6.07, 6.45) is 10.3. The van der Waals surface area contributed by atoms with Gasteiger partial charge in [0.25, 0.3) is 0 Å². The molecule has 0 saturated heterocycles. The van der Waals surface area contributed by atoms with Gasteiger partial charge in [-0.15, -0.1) is 0 Å². The van der Waals surface area contributed by atoms with Crippen LogP contribution in [0.15, 0.2) is 102 Å². The lowest BCUT2D eigenvalue weighted by atomic mass is 9.78. The Labute approximate surface area is 158 Å². The predicted molar refractivity (Wildman–Crippen MR) is 107 cm³/mol. The second-order valence-electron chi connectivity index (χ2n) is 6.69. The Kier molecular flexibility index (Phi) is 4.71. The first-order valence-corrected chi connectivity index (χ1v) is 9.02. The van der Waals surface area contributed by atoms with Crippen molar-refractivity contribution in [1.29, 1.82) is 0 Å². The van der Waals surface area contributed by atoms with Crippen molar-refractivity contribution in [2.45, 2.75) is 5.92 Å². The molecule has 1 aliphatic heterocycles. The van der Waals surface area contributed by atoms with Crippen LogP contribution < -0.4 is 5.32 Å². The number of nitrogens with zero attached hydrogens (tertiary/aromatic N) is 1. The molecule has 2 aromatic carbocycles. The largest absolute Gasteiger partial charge is 0.355 e. The summed E-state index contributed by atoms with van der Waals surface area (Å²) >= 11 is 0. The fourth-order valence-corrected chi connectivity index (χ4v) is 3.78. The topological polar surface area (TPSA) is 55.2 Å². The minimum atomic E-state index is -0.311. The van der Waals surface area contributed by atoms with Crippen molar-refractivity contribution < 1.29 is 4.92 Å². The van der Waals surface area contributed by atoms with E-state index in [2.05, 4.69) is 17.5 Å². The number of allylic oxidation sites excluding steroid dienone is 5. The van der Waals surface area contributed by atoms with Gasteiger partial charge in [0.1, 0.15) is 0 Å². The number of nitrogens with one attached hydrogen (secondary N) is 1. The summed E-state index contributed by atoms with van der Waals surface area (Å²) in [6, 6.07) is 19.8. The number of nitro groups is 1. The molecule has 2 atom stereocenters. The zero-order valence-electron chi connectivity index (χ0n) is 14.8. The van der Waals surface area contributed by atoms with Crippen LogP contribution in [0.2, 0.25) is 0 Å². The van der Waals surface area contributed by atoms with E-state index < -0.39 is 0 Å². The SMILES string of the molecule is O=[N+]([O-])CC(C1=C(c2ccccc2)NC2=CC1C=CC=C2)c1ccccc1. The zero-order chi connectivity index (χ0) is 18.6. The van der Waals surface area contributed by atoms with E-state index in [0.29, 0.717) is 0 Å². The molecule has 2 aromatic rings. The van der Waals surface area contributed by atoms with Crippen LogP contribution in [0.1, 0.15) is 17.0 Å². The summed E-state index contributed by atoms with van der Waals surface area (Å²) in [5.41, 5.74) is 5.01. The van der Waals surface area contributed by atoms with Crippen LogP contribution in [-0.4, -0.2) is 11.5 Å². The van der Waals surface area contributed by atoms with Gasteiger partial charge >= 0.3 is 0 Å². The molecule has 1 N–H and O–H groups in total. The van der Waals surface area contributed by atoms with Crippen LogP contribution in [-0.2, 0) is 0 Å². The number of rotatable bonds is 5. The summed E-state index contributed by atoms with van der Waals surface area (Å²) in [4.78, 5) is 11.3. The summed E-state index contributed by atoms with van der Waals surface area (Å²) in [5.74, 6) is -0.300. The number of dihydropyridines is 1. The van der Waals surface area contributed by atoms with Crippen LogP contribution in [0, 0.1) is 16.0 Å². The monoisotopic (exact) mass is 356 g/mol. The van der Waals surface area contributed by atoms with Crippen molar-refractivity contribution >= 4 is 5.70 Å². The minimum Gasteiger partial charge on any atom is -0.355 e. The maximum Gasteiger partial charge on any atom is 0.214 e. The standard InChI is InChI=1S/C23H20N2O2/c26-25(27)16-21(17-9-3-1-4-10-17)22-19-13-7-8-14-20(15-19)24-23(22)18-11-5-2-6-12-18/h1-15,19,21,24H,16H2. The van der Waals surface area contributed by atoms with Gasteiger partial charge in [0, 0.05) is 22.2 Å². The van der Waals surface area contributed by atoms with Crippen LogP contribution in [0.3, 0.4) is 0 Å². The molecule has 27 heavy (non-hydrogen) atoms. The molecular formula is C23H20N2O2. The molecule has 4 heteroatoms. The molecule has 2 bridgehead atoms. The van der Waals surface area contributed by atoms with Crippen molar-refractivity contribution in [2.24, 2.45) is 5.92 Å². The molecule has 134 valence electrons. The third-order valence-corrected chi connectivity index (χ3v) is 4.95. The minimum absolute atomic E-state index is 0.0108. The Bertz CT molecular complexity index is 956. The highest BCUT2D eigenvalue weighted by atomic mass is 16.6. The molecule has 2 aliphatic rings. The highest BCUT2D eigenvalue weighted by Gasteiger charge is 2.32. The van der Waals surface area contributed by atoms with Crippen LogP contribution in [0.25, 0.3) is 5.70 Å². The van der Waals surface area contributed by atoms with Crippen molar-refractivity contribution in [3.05, 3.63) is 124 Å². The summed E-state index contributed by atoms with van der Waals surface area (Å²) in [7, 11) is 0. The molecular weight excluding hydrogens is 336 g/mol. The Morgan fingerprint density at radius 2 is 1.70 bits per heavy atom. The summed E-state index contributed by atoms with van der Waals surface area (Å²) < 4.78 is 0. The molecule has 4 nitrogen and oxygen atoms in total. The number of fused-ring (bicyclic) bond motifs is 1. The fourth-order valence-electron chi connectivity index (χ4n) is 3.78. The Balaban J connectivity index is 1.91. The second-order valence-corrected chi connectivity index (χ2v) is 6.69. The van der Waals surface area contributed by atoms with Gasteiger partial charge in [0.2, 0.25) is 6.54 Å². The smallest absolute Gasteiger partial charge is 0.214 e. The summed E-state index contributed by atoms with van der Waals surface area (Å²) in [6.45, 7) is -0.141. The van der Waals surface area contributed by atoms with Crippen molar-refractivity contribution in [3.8, 4) is 0 Å². The molecule has 2 unspecified atom stereocenters. The third-order valence-electron chi connectivity index (χ3n) is 4.95.